The normalized spacial score (nSPS) is 43.7. The minimum atomic E-state index is -1.14. The average molecular weight is 538 g/mol. The maximum absolute atomic E-state index is 13.7. The van der Waals surface area contributed by atoms with Crippen LogP contribution in [-0.2, 0) is 14.4 Å². The number of hydrogen-bond donors (Lipinski definition) is 2. The first-order valence-electron chi connectivity index (χ1n) is 14.0. The van der Waals surface area contributed by atoms with Crippen molar-refractivity contribution < 1.29 is 24.6 Å². The first-order chi connectivity index (χ1) is 18.1. The van der Waals surface area contributed by atoms with Gasteiger partial charge in [0.2, 0.25) is 0 Å². The molecule has 1 aromatic carbocycles. The SMILES string of the molecule is CC12C=CC(=O)C=C1CCC1C2C(O)CC2(C)C1(C)CC1CN(CCSc3ccccc3)OC12C(=O)CO. The first-order valence-corrected chi connectivity index (χ1v) is 15.0. The van der Waals surface area contributed by atoms with Gasteiger partial charge in [0.1, 0.15) is 6.61 Å². The molecule has 0 spiro atoms. The van der Waals surface area contributed by atoms with E-state index in [2.05, 4.69) is 32.9 Å². The molecule has 3 saturated carbocycles. The Labute approximate surface area is 229 Å². The molecule has 6 nitrogen and oxygen atoms in total. The highest BCUT2D eigenvalue weighted by Crippen LogP contribution is 2.75. The van der Waals surface area contributed by atoms with Crippen LogP contribution in [0, 0.1) is 34.0 Å². The third-order valence-electron chi connectivity index (χ3n) is 11.2. The van der Waals surface area contributed by atoms with E-state index in [1.54, 1.807) is 23.9 Å². The fourth-order valence-electron chi connectivity index (χ4n) is 9.42. The molecule has 0 radical (unpaired) electrons. The van der Waals surface area contributed by atoms with Gasteiger partial charge in [-0.3, -0.25) is 14.4 Å². The van der Waals surface area contributed by atoms with Gasteiger partial charge in [0.25, 0.3) is 0 Å². The van der Waals surface area contributed by atoms with Gasteiger partial charge < -0.3 is 10.2 Å². The van der Waals surface area contributed by atoms with Crippen molar-refractivity contribution in [3.63, 3.8) is 0 Å². The Kier molecular flexibility index (Phi) is 6.36. The van der Waals surface area contributed by atoms with E-state index in [9.17, 15) is 19.8 Å². The van der Waals surface area contributed by atoms with Gasteiger partial charge in [0, 0.05) is 46.4 Å². The summed E-state index contributed by atoms with van der Waals surface area (Å²) in [6.07, 6.45) is 7.76. The van der Waals surface area contributed by atoms with Crippen molar-refractivity contribution in [2.45, 2.75) is 63.1 Å². The number of hydrogen-bond acceptors (Lipinski definition) is 7. The smallest absolute Gasteiger partial charge is 0.192 e. The van der Waals surface area contributed by atoms with E-state index in [1.165, 1.54) is 4.90 Å². The van der Waals surface area contributed by atoms with Crippen LogP contribution in [0.3, 0.4) is 0 Å². The summed E-state index contributed by atoms with van der Waals surface area (Å²) < 4.78 is 0. The Morgan fingerprint density at radius 3 is 2.68 bits per heavy atom. The van der Waals surface area contributed by atoms with Gasteiger partial charge in [0.05, 0.1) is 6.10 Å². The second kappa shape index (κ2) is 9.13. The van der Waals surface area contributed by atoms with Crippen LogP contribution in [-0.4, -0.2) is 64.0 Å². The third kappa shape index (κ3) is 3.48. The van der Waals surface area contributed by atoms with Crippen molar-refractivity contribution in [1.29, 1.82) is 0 Å². The Hall–Kier alpha value is -1.77. The third-order valence-corrected chi connectivity index (χ3v) is 12.2. The minimum absolute atomic E-state index is 0.0246. The molecule has 4 aliphatic carbocycles. The molecule has 1 aromatic rings. The highest BCUT2D eigenvalue weighted by atomic mass is 32.2. The molecule has 1 heterocycles. The zero-order valence-corrected chi connectivity index (χ0v) is 23.4. The topological polar surface area (TPSA) is 87.1 Å². The lowest BCUT2D eigenvalue weighted by atomic mass is 9.41. The molecule has 6 rings (SSSR count). The van der Waals surface area contributed by atoms with Gasteiger partial charge in [-0.1, -0.05) is 50.6 Å². The molecule has 5 aliphatic rings. The van der Waals surface area contributed by atoms with Crippen molar-refractivity contribution in [2.75, 3.05) is 25.4 Å². The van der Waals surface area contributed by atoms with Gasteiger partial charge >= 0.3 is 0 Å². The highest BCUT2D eigenvalue weighted by Gasteiger charge is 2.79. The van der Waals surface area contributed by atoms with Gasteiger partial charge in [-0.15, -0.1) is 11.8 Å². The zero-order valence-electron chi connectivity index (χ0n) is 22.6. The van der Waals surface area contributed by atoms with E-state index in [0.717, 1.165) is 30.6 Å². The summed E-state index contributed by atoms with van der Waals surface area (Å²) in [7, 11) is 0. The molecule has 8 atom stereocenters. The Morgan fingerprint density at radius 1 is 1.18 bits per heavy atom. The Bertz CT molecular complexity index is 1200. The van der Waals surface area contributed by atoms with E-state index in [0.29, 0.717) is 19.5 Å². The van der Waals surface area contributed by atoms with Crippen molar-refractivity contribution in [3.8, 4) is 0 Å². The van der Waals surface area contributed by atoms with Crippen molar-refractivity contribution in [3.05, 3.63) is 54.1 Å². The largest absolute Gasteiger partial charge is 0.393 e. The summed E-state index contributed by atoms with van der Waals surface area (Å²) >= 11 is 1.76. The van der Waals surface area contributed by atoms with E-state index < -0.39 is 23.7 Å². The lowest BCUT2D eigenvalue weighted by Crippen LogP contribution is -2.66. The number of rotatable bonds is 6. The fourth-order valence-corrected chi connectivity index (χ4v) is 10.3. The molecule has 7 heteroatoms. The summed E-state index contributed by atoms with van der Waals surface area (Å²) in [5.41, 5.74) is -1.27. The van der Waals surface area contributed by atoms with Gasteiger partial charge in [0.15, 0.2) is 17.2 Å². The highest BCUT2D eigenvalue weighted by molar-refractivity contribution is 7.99. The Balaban J connectivity index is 1.30. The minimum Gasteiger partial charge on any atom is -0.393 e. The standard InChI is InChI=1S/C31H39NO5S/c1-28-12-11-22(34)15-20(28)9-10-24-27(28)25(35)17-30(3)29(24,2)16-21-18-32(37-31(21,30)26(36)19-33)13-14-38-23-7-5-4-6-8-23/h4-8,11-12,15,21,24-25,27,33,35H,9-10,13-14,16-19H2,1-3H3. The number of allylic oxidation sites excluding steroid dienone is 4. The maximum Gasteiger partial charge on any atom is 0.192 e. The number of nitrogens with zero attached hydrogens (tertiary/aromatic N) is 1. The molecular formula is C31H39NO5S. The summed E-state index contributed by atoms with van der Waals surface area (Å²) in [5, 5.41) is 24.0. The van der Waals surface area contributed by atoms with E-state index in [4.69, 9.17) is 4.84 Å². The predicted molar refractivity (Wildman–Crippen MR) is 146 cm³/mol. The molecule has 4 fully saturated rings. The number of aliphatic hydroxyl groups excluding tert-OH is 2. The first kappa shape index (κ1) is 26.5. The van der Waals surface area contributed by atoms with Crippen LogP contribution in [0.15, 0.2) is 59.0 Å². The van der Waals surface area contributed by atoms with Crippen LogP contribution in [0.5, 0.6) is 0 Å². The van der Waals surface area contributed by atoms with Crippen LogP contribution in [0.25, 0.3) is 0 Å². The lowest BCUT2D eigenvalue weighted by Gasteiger charge is -2.64. The number of benzene rings is 1. The molecule has 8 unspecified atom stereocenters. The average Bonchev–Trinajstić information content (AvgIpc) is 3.34. The molecule has 38 heavy (non-hydrogen) atoms. The van der Waals surface area contributed by atoms with Crippen LogP contribution in [0.2, 0.25) is 0 Å². The van der Waals surface area contributed by atoms with Gasteiger partial charge in [-0.25, -0.2) is 0 Å². The molecule has 0 amide bonds. The zero-order chi connectivity index (χ0) is 26.9. The lowest BCUT2D eigenvalue weighted by molar-refractivity contribution is -0.265. The number of aliphatic hydroxyl groups is 2. The number of hydroxylamine groups is 2. The second-order valence-electron chi connectivity index (χ2n) is 12.7. The number of thioether (sulfide) groups is 1. The summed E-state index contributed by atoms with van der Waals surface area (Å²) in [6.45, 7) is 7.38. The van der Waals surface area contributed by atoms with Crippen LogP contribution in [0.4, 0.5) is 0 Å². The molecule has 0 bridgehead atoms. The molecule has 1 saturated heterocycles. The maximum atomic E-state index is 13.7. The van der Waals surface area contributed by atoms with Crippen molar-refractivity contribution in [1.82, 2.24) is 5.06 Å². The predicted octanol–water partition coefficient (Wildman–Crippen LogP) is 4.22. The summed E-state index contributed by atoms with van der Waals surface area (Å²) in [6, 6.07) is 10.3. The number of fused-ring (bicyclic) bond motifs is 7. The van der Waals surface area contributed by atoms with E-state index in [1.807, 2.05) is 29.3 Å². The number of carbonyl (C=O) groups excluding carboxylic acids is 2. The van der Waals surface area contributed by atoms with Gasteiger partial charge in [-0.05, 0) is 61.3 Å². The molecule has 0 aromatic heterocycles. The number of Topliss-reactive ketones (excluding diaryl/α,β-unsaturated/α-hetero) is 1. The van der Waals surface area contributed by atoms with Crippen LogP contribution >= 0.6 is 11.8 Å². The quantitative estimate of drug-likeness (QED) is 0.526. The van der Waals surface area contributed by atoms with Crippen LogP contribution < -0.4 is 0 Å². The number of ketones is 2. The van der Waals surface area contributed by atoms with Crippen LogP contribution in [0.1, 0.15) is 46.5 Å². The number of carbonyl (C=O) groups is 2. The fraction of sp³-hybridized carbons (Fsp3) is 0.613. The monoisotopic (exact) mass is 537 g/mol. The van der Waals surface area contributed by atoms with E-state index in [-0.39, 0.29) is 40.2 Å². The van der Waals surface area contributed by atoms with Crippen molar-refractivity contribution >= 4 is 23.3 Å². The van der Waals surface area contributed by atoms with E-state index >= 15 is 0 Å². The summed E-state index contributed by atoms with van der Waals surface area (Å²) in [5.74, 6) is 0.708. The molecule has 204 valence electrons. The summed E-state index contributed by atoms with van der Waals surface area (Å²) in [4.78, 5) is 33.8. The molecule has 1 aliphatic heterocycles. The molecular weight excluding hydrogens is 498 g/mol. The second-order valence-corrected chi connectivity index (χ2v) is 13.9. The Morgan fingerprint density at radius 2 is 1.95 bits per heavy atom. The molecule has 2 N–H and O–H groups in total. The van der Waals surface area contributed by atoms with Gasteiger partial charge in [-0.2, -0.15) is 5.06 Å². The van der Waals surface area contributed by atoms with Crippen molar-refractivity contribution in [2.24, 2.45) is 34.0 Å².